The second kappa shape index (κ2) is 9.34. The lowest BCUT2D eigenvalue weighted by atomic mass is 9.91. The fourth-order valence-electron chi connectivity index (χ4n) is 3.25. The Labute approximate surface area is 146 Å². The number of hydrogen-bond acceptors (Lipinski definition) is 2. The molecule has 0 radical (unpaired) electrons. The van der Waals surface area contributed by atoms with Crippen molar-refractivity contribution in [3.63, 3.8) is 0 Å². The second-order valence-electron chi connectivity index (χ2n) is 6.41. The van der Waals surface area contributed by atoms with Crippen molar-refractivity contribution in [2.45, 2.75) is 38.5 Å². The van der Waals surface area contributed by atoms with Crippen LogP contribution in [0.25, 0.3) is 0 Å². The van der Waals surface area contributed by atoms with E-state index in [0.717, 1.165) is 32.1 Å². The van der Waals surface area contributed by atoms with Gasteiger partial charge < -0.3 is 16.0 Å². The lowest BCUT2D eigenvalue weighted by Gasteiger charge is -2.32. The smallest absolute Gasteiger partial charge is 0.312 e. The van der Waals surface area contributed by atoms with E-state index in [1.165, 1.54) is 18.2 Å². The minimum absolute atomic E-state index is 0.105. The summed E-state index contributed by atoms with van der Waals surface area (Å²) in [6.07, 6.45) is 2.02. The van der Waals surface area contributed by atoms with Gasteiger partial charge in [-0.2, -0.15) is 0 Å². The van der Waals surface area contributed by atoms with Crippen molar-refractivity contribution in [3.8, 4) is 0 Å². The number of halogens is 2. The molecule has 0 unspecified atom stereocenters. The van der Waals surface area contributed by atoms with Crippen LogP contribution in [0.5, 0.6) is 0 Å². The number of piperidine rings is 1. The van der Waals surface area contributed by atoms with Crippen LogP contribution in [0.3, 0.4) is 0 Å². The van der Waals surface area contributed by atoms with Crippen molar-refractivity contribution in [1.29, 1.82) is 0 Å². The van der Waals surface area contributed by atoms with Crippen LogP contribution in [0.2, 0.25) is 0 Å². The zero-order chi connectivity index (χ0) is 18.2. The molecule has 1 aromatic carbocycles. The molecule has 138 valence electrons. The van der Waals surface area contributed by atoms with Crippen molar-refractivity contribution < 1.29 is 18.4 Å². The Morgan fingerprint density at radius 1 is 1.20 bits per heavy atom. The number of nitrogens with zero attached hydrogens (tertiary/aromatic N) is 1. The van der Waals surface area contributed by atoms with Gasteiger partial charge in [-0.25, -0.2) is 13.6 Å². The standard InChI is InChI=1S/C18H25F2N3O2/c19-16(20)14-6-1-2-7-15(14)17(24)23-11-8-13(9-12-23)5-3-4-10-22-18(21)25/h1-2,6-7,13,16H,3-5,8-12H2,(H3,21,22,25). The van der Waals surface area contributed by atoms with Gasteiger partial charge in [-0.05, 0) is 31.2 Å². The normalized spacial score (nSPS) is 15.4. The Hall–Kier alpha value is -2.18. The number of amides is 3. The van der Waals surface area contributed by atoms with Gasteiger partial charge in [0.1, 0.15) is 0 Å². The average Bonchev–Trinajstić information content (AvgIpc) is 2.61. The van der Waals surface area contributed by atoms with Crippen molar-refractivity contribution in [2.75, 3.05) is 19.6 Å². The highest BCUT2D eigenvalue weighted by Crippen LogP contribution is 2.27. The predicted molar refractivity (Wildman–Crippen MR) is 91.5 cm³/mol. The summed E-state index contributed by atoms with van der Waals surface area (Å²) in [5.41, 5.74) is 4.91. The highest BCUT2D eigenvalue weighted by Gasteiger charge is 2.26. The second-order valence-corrected chi connectivity index (χ2v) is 6.41. The summed E-state index contributed by atoms with van der Waals surface area (Å²) in [4.78, 5) is 24.8. The van der Waals surface area contributed by atoms with Crippen molar-refractivity contribution >= 4 is 11.9 Å². The molecule has 1 saturated heterocycles. The fourth-order valence-corrected chi connectivity index (χ4v) is 3.25. The molecule has 0 aliphatic carbocycles. The quantitative estimate of drug-likeness (QED) is 0.738. The van der Waals surface area contributed by atoms with Crippen LogP contribution in [0.1, 0.15) is 54.5 Å². The highest BCUT2D eigenvalue weighted by atomic mass is 19.3. The maximum atomic E-state index is 13.1. The molecule has 5 nitrogen and oxygen atoms in total. The monoisotopic (exact) mass is 353 g/mol. The van der Waals surface area contributed by atoms with Gasteiger partial charge in [-0.1, -0.05) is 31.0 Å². The number of unbranched alkanes of at least 4 members (excludes halogenated alkanes) is 1. The number of nitrogens with two attached hydrogens (primary N) is 1. The van der Waals surface area contributed by atoms with Crippen LogP contribution < -0.4 is 11.1 Å². The Morgan fingerprint density at radius 3 is 2.52 bits per heavy atom. The number of urea groups is 1. The lowest BCUT2D eigenvalue weighted by Crippen LogP contribution is -2.39. The first kappa shape index (κ1) is 19.1. The van der Waals surface area contributed by atoms with Gasteiger partial charge in [0.05, 0.1) is 0 Å². The maximum Gasteiger partial charge on any atom is 0.312 e. The first-order valence-electron chi connectivity index (χ1n) is 8.68. The van der Waals surface area contributed by atoms with Gasteiger partial charge in [-0.3, -0.25) is 4.79 Å². The lowest BCUT2D eigenvalue weighted by molar-refractivity contribution is 0.0674. The summed E-state index contributed by atoms with van der Waals surface area (Å²) in [7, 11) is 0. The molecule has 0 aromatic heterocycles. The molecule has 2 rings (SSSR count). The molecule has 1 aromatic rings. The van der Waals surface area contributed by atoms with E-state index >= 15 is 0 Å². The van der Waals surface area contributed by atoms with Gasteiger partial charge >= 0.3 is 6.03 Å². The molecule has 1 fully saturated rings. The number of alkyl halides is 2. The van der Waals surface area contributed by atoms with Crippen LogP contribution in [-0.2, 0) is 0 Å². The summed E-state index contributed by atoms with van der Waals surface area (Å²) in [6.45, 7) is 1.78. The third-order valence-corrected chi connectivity index (χ3v) is 4.67. The molecule has 7 heteroatoms. The van der Waals surface area contributed by atoms with Crippen LogP contribution in [0.4, 0.5) is 13.6 Å². The van der Waals surface area contributed by atoms with E-state index in [4.69, 9.17) is 5.73 Å². The zero-order valence-electron chi connectivity index (χ0n) is 14.2. The molecule has 1 aliphatic heterocycles. The number of benzene rings is 1. The first-order chi connectivity index (χ1) is 12.0. The summed E-state index contributed by atoms with van der Waals surface area (Å²) < 4.78 is 26.1. The summed E-state index contributed by atoms with van der Waals surface area (Å²) in [6, 6.07) is 5.42. The van der Waals surface area contributed by atoms with Crippen LogP contribution in [-0.4, -0.2) is 36.5 Å². The number of hydrogen-bond donors (Lipinski definition) is 2. The molecule has 3 N–H and O–H groups in total. The van der Waals surface area contributed by atoms with Crippen molar-refractivity contribution in [2.24, 2.45) is 11.7 Å². The summed E-state index contributed by atoms with van der Waals surface area (Å²) in [5.74, 6) is 0.225. The molecule has 25 heavy (non-hydrogen) atoms. The summed E-state index contributed by atoms with van der Waals surface area (Å²) >= 11 is 0. The number of likely N-dealkylation sites (tertiary alicyclic amines) is 1. The largest absolute Gasteiger partial charge is 0.352 e. The molecule has 1 aliphatic rings. The predicted octanol–water partition coefficient (Wildman–Crippen LogP) is 3.32. The average molecular weight is 353 g/mol. The zero-order valence-corrected chi connectivity index (χ0v) is 14.2. The van der Waals surface area contributed by atoms with E-state index in [-0.39, 0.29) is 17.0 Å². The van der Waals surface area contributed by atoms with E-state index in [2.05, 4.69) is 5.32 Å². The third-order valence-electron chi connectivity index (χ3n) is 4.67. The maximum absolute atomic E-state index is 13.1. The Kier molecular flexibility index (Phi) is 7.16. The van der Waals surface area contributed by atoms with Gasteiger partial charge in [0.25, 0.3) is 12.3 Å². The minimum atomic E-state index is -2.65. The molecule has 1 heterocycles. The number of carbonyl (C=O) groups excluding carboxylic acids is 2. The molecular formula is C18H25F2N3O2. The topological polar surface area (TPSA) is 75.4 Å². The molecule has 0 atom stereocenters. The van der Waals surface area contributed by atoms with Crippen LogP contribution in [0.15, 0.2) is 24.3 Å². The Morgan fingerprint density at radius 2 is 1.88 bits per heavy atom. The minimum Gasteiger partial charge on any atom is -0.352 e. The van der Waals surface area contributed by atoms with Gasteiger partial charge in [0.2, 0.25) is 0 Å². The molecular weight excluding hydrogens is 328 g/mol. The van der Waals surface area contributed by atoms with Gasteiger partial charge in [0.15, 0.2) is 0 Å². The highest BCUT2D eigenvalue weighted by molar-refractivity contribution is 5.95. The molecule has 0 saturated carbocycles. The van der Waals surface area contributed by atoms with E-state index in [1.807, 2.05) is 0 Å². The number of rotatable bonds is 7. The molecule has 0 spiro atoms. The Balaban J connectivity index is 1.78. The van der Waals surface area contributed by atoms with Crippen molar-refractivity contribution in [1.82, 2.24) is 10.2 Å². The number of carbonyl (C=O) groups is 2. The number of primary amides is 1. The third kappa shape index (κ3) is 5.69. The van der Waals surface area contributed by atoms with Crippen molar-refractivity contribution in [3.05, 3.63) is 35.4 Å². The van der Waals surface area contributed by atoms with E-state index < -0.39 is 12.5 Å². The van der Waals surface area contributed by atoms with Crippen LogP contribution >= 0.6 is 0 Å². The summed E-state index contributed by atoms with van der Waals surface area (Å²) in [5, 5.41) is 2.56. The van der Waals surface area contributed by atoms with E-state index in [0.29, 0.717) is 25.6 Å². The number of nitrogens with one attached hydrogen (secondary N) is 1. The van der Waals surface area contributed by atoms with Crippen LogP contribution in [0, 0.1) is 5.92 Å². The molecule has 0 bridgehead atoms. The SMILES string of the molecule is NC(=O)NCCCCC1CCN(C(=O)c2ccccc2C(F)F)CC1. The van der Waals surface area contributed by atoms with Gasteiger partial charge in [-0.15, -0.1) is 0 Å². The fraction of sp³-hybridized carbons (Fsp3) is 0.556. The van der Waals surface area contributed by atoms with E-state index in [1.54, 1.807) is 11.0 Å². The molecule has 3 amide bonds. The Bertz CT molecular complexity index is 587. The van der Waals surface area contributed by atoms with Gasteiger partial charge in [0, 0.05) is 30.8 Å². The van der Waals surface area contributed by atoms with E-state index in [9.17, 15) is 18.4 Å². The first-order valence-corrected chi connectivity index (χ1v) is 8.68.